The largest absolute Gasteiger partial charge is 0.324 e. The number of hydrogen-bond donors (Lipinski definition) is 1. The van der Waals surface area contributed by atoms with Crippen LogP contribution in [0.4, 0.5) is 5.69 Å². The molecule has 1 N–H and O–H groups in total. The van der Waals surface area contributed by atoms with Gasteiger partial charge >= 0.3 is 0 Å². The van der Waals surface area contributed by atoms with E-state index in [1.165, 1.54) is 0 Å². The van der Waals surface area contributed by atoms with E-state index in [0.29, 0.717) is 5.69 Å². The van der Waals surface area contributed by atoms with E-state index >= 15 is 0 Å². The summed E-state index contributed by atoms with van der Waals surface area (Å²) in [5.41, 5.74) is 5.29. The van der Waals surface area contributed by atoms with Crippen molar-refractivity contribution < 1.29 is 14.4 Å². The normalized spacial score (nSPS) is 26.3. The number of amides is 3. The molecule has 3 aliphatic carbocycles. The van der Waals surface area contributed by atoms with Crippen LogP contribution in [0.5, 0.6) is 0 Å². The fourth-order valence-electron chi connectivity index (χ4n) is 7.08. The second kappa shape index (κ2) is 9.30. The number of carbonyl (C=O) groups is 3. The Bertz CT molecular complexity index is 1620. The molecule has 2 bridgehead atoms. The third kappa shape index (κ3) is 3.58. The predicted octanol–water partition coefficient (Wildman–Crippen LogP) is 6.14. The Hall–Kier alpha value is -3.93. The van der Waals surface area contributed by atoms with Gasteiger partial charge in [-0.2, -0.15) is 0 Å². The average Bonchev–Trinajstić information content (AvgIpc) is 3.26. The number of nitrogens with one attached hydrogen (secondary N) is 1. The number of aryl methyl sites for hydroxylation is 1. The van der Waals surface area contributed by atoms with Crippen molar-refractivity contribution in [2.75, 3.05) is 5.32 Å². The van der Waals surface area contributed by atoms with E-state index in [9.17, 15) is 14.4 Å². The van der Waals surface area contributed by atoms with E-state index in [2.05, 4.69) is 5.32 Å². The number of alkyl halides is 2. The first-order valence-corrected chi connectivity index (χ1v) is 14.4. The van der Waals surface area contributed by atoms with Crippen molar-refractivity contribution in [3.63, 3.8) is 0 Å². The first-order chi connectivity index (χ1) is 19.8. The van der Waals surface area contributed by atoms with Gasteiger partial charge in [0.2, 0.25) is 17.7 Å². The van der Waals surface area contributed by atoms with Crippen LogP contribution in [-0.4, -0.2) is 28.7 Å². The fraction of sp³-hybridized carbons (Fsp3) is 0.206. The van der Waals surface area contributed by atoms with Crippen molar-refractivity contribution in [3.05, 3.63) is 137 Å². The van der Waals surface area contributed by atoms with Crippen molar-refractivity contribution in [3.8, 4) is 0 Å². The Morgan fingerprint density at radius 3 is 1.73 bits per heavy atom. The van der Waals surface area contributed by atoms with E-state index in [1.807, 2.05) is 104 Å². The Labute approximate surface area is 248 Å². The van der Waals surface area contributed by atoms with Crippen molar-refractivity contribution in [1.29, 1.82) is 0 Å². The summed E-state index contributed by atoms with van der Waals surface area (Å²) in [7, 11) is 0. The molecule has 1 saturated heterocycles. The predicted molar refractivity (Wildman–Crippen MR) is 159 cm³/mol. The van der Waals surface area contributed by atoms with Gasteiger partial charge in [0.05, 0.1) is 11.8 Å². The highest BCUT2D eigenvalue weighted by atomic mass is 35.5. The van der Waals surface area contributed by atoms with Crippen LogP contribution in [0.3, 0.4) is 0 Å². The van der Waals surface area contributed by atoms with Crippen LogP contribution < -0.4 is 5.32 Å². The van der Waals surface area contributed by atoms with Gasteiger partial charge in [0.1, 0.15) is 15.8 Å². The van der Waals surface area contributed by atoms with Crippen LogP contribution in [0.1, 0.15) is 33.4 Å². The van der Waals surface area contributed by atoms with E-state index < -0.39 is 45.3 Å². The molecule has 7 heteroatoms. The molecule has 0 aromatic heterocycles. The molecule has 0 unspecified atom stereocenters. The smallest absolute Gasteiger partial charge is 0.248 e. The number of likely N-dealkylation sites (tertiary alicyclic amines) is 1. The van der Waals surface area contributed by atoms with Gasteiger partial charge in [0.25, 0.3) is 0 Å². The van der Waals surface area contributed by atoms with Crippen molar-refractivity contribution in [2.45, 2.75) is 29.1 Å². The van der Waals surface area contributed by atoms with E-state index in [4.69, 9.17) is 23.2 Å². The highest BCUT2D eigenvalue weighted by Crippen LogP contribution is 2.69. The quantitative estimate of drug-likeness (QED) is 0.228. The van der Waals surface area contributed by atoms with Crippen LogP contribution in [-0.2, 0) is 30.6 Å². The highest BCUT2D eigenvalue weighted by Gasteiger charge is 2.73. The maximum atomic E-state index is 14.5. The molecule has 4 aliphatic rings. The summed E-state index contributed by atoms with van der Waals surface area (Å²) in [5.74, 6) is -3.35. The minimum atomic E-state index is -1.31. The van der Waals surface area contributed by atoms with Gasteiger partial charge in [0, 0.05) is 12.1 Å². The lowest BCUT2D eigenvalue weighted by atomic mass is 9.54. The second-order valence-corrected chi connectivity index (χ2v) is 12.3. The molecular formula is C34H26Cl2N2O3. The molecule has 5 nitrogen and oxygen atoms in total. The summed E-state index contributed by atoms with van der Waals surface area (Å²) in [6, 6.07) is 30.7. The lowest BCUT2D eigenvalue weighted by Crippen LogP contribution is -2.57. The molecule has 1 heterocycles. The molecule has 3 atom stereocenters. The standard InChI is InChI=1S/C34H26Cl2N2O3/c1-20-10-9-13-22(18-20)37-30(39)27(19-21-11-3-2-4-12-21)38-31(40)28-29(32(38)41)34(36)24-15-6-5-14-23(24)33(28,35)25-16-7-8-17-26(25)34/h2-18,27-29H,19H2,1H3,(H,37,39)/t27-,28-,29+,33?,34?/m0/s1. The van der Waals surface area contributed by atoms with Crippen molar-refractivity contribution in [1.82, 2.24) is 4.90 Å². The molecule has 0 radical (unpaired) electrons. The first kappa shape index (κ1) is 26.0. The van der Waals surface area contributed by atoms with Crippen molar-refractivity contribution >= 4 is 46.6 Å². The zero-order chi connectivity index (χ0) is 28.5. The summed E-state index contributed by atoms with van der Waals surface area (Å²) in [6.45, 7) is 1.93. The average molecular weight is 581 g/mol. The number of rotatable bonds is 5. The highest BCUT2D eigenvalue weighted by molar-refractivity contribution is 6.36. The third-order valence-corrected chi connectivity index (χ3v) is 10.1. The Morgan fingerprint density at radius 1 is 0.756 bits per heavy atom. The summed E-state index contributed by atoms with van der Waals surface area (Å²) in [5, 5.41) is 2.94. The second-order valence-electron chi connectivity index (χ2n) is 11.1. The van der Waals surface area contributed by atoms with E-state index in [1.54, 1.807) is 6.07 Å². The molecule has 41 heavy (non-hydrogen) atoms. The lowest BCUT2D eigenvalue weighted by Gasteiger charge is -2.54. The van der Waals surface area contributed by atoms with E-state index in [-0.39, 0.29) is 6.42 Å². The SMILES string of the molecule is Cc1cccc(NC(=O)[C@H](Cc2ccccc2)N2C(=O)[C@@H]3[C@H](C2=O)C2(Cl)c4ccccc4C3(Cl)c3ccccc32)c1. The lowest BCUT2D eigenvalue weighted by molar-refractivity contribution is -0.146. The molecular weight excluding hydrogens is 555 g/mol. The molecule has 1 aliphatic heterocycles. The summed E-state index contributed by atoms with van der Waals surface area (Å²) >= 11 is 15.2. The van der Waals surface area contributed by atoms with Crippen LogP contribution in [0.15, 0.2) is 103 Å². The zero-order valence-corrected chi connectivity index (χ0v) is 23.7. The molecule has 1 fully saturated rings. The molecule has 0 spiro atoms. The van der Waals surface area contributed by atoms with Crippen LogP contribution >= 0.6 is 23.2 Å². The number of benzene rings is 4. The monoisotopic (exact) mass is 580 g/mol. The number of hydrogen-bond acceptors (Lipinski definition) is 3. The van der Waals surface area contributed by atoms with Crippen molar-refractivity contribution in [2.24, 2.45) is 11.8 Å². The van der Waals surface area contributed by atoms with Gasteiger partial charge < -0.3 is 5.32 Å². The Kier molecular flexibility index (Phi) is 5.90. The maximum Gasteiger partial charge on any atom is 0.248 e. The minimum absolute atomic E-state index is 0.153. The molecule has 0 saturated carbocycles. The molecule has 204 valence electrons. The number of carbonyl (C=O) groups excluding carboxylic acids is 3. The number of imide groups is 1. The molecule has 3 amide bonds. The van der Waals surface area contributed by atoms with Crippen LogP contribution in [0.25, 0.3) is 0 Å². The van der Waals surface area contributed by atoms with Gasteiger partial charge in [-0.25, -0.2) is 0 Å². The molecule has 8 rings (SSSR count). The number of nitrogens with zero attached hydrogens (tertiary/aromatic N) is 1. The third-order valence-electron chi connectivity index (χ3n) is 8.79. The summed E-state index contributed by atoms with van der Waals surface area (Å²) in [4.78, 5) is 41.6. The maximum absolute atomic E-state index is 14.5. The van der Waals surface area contributed by atoms with Crippen LogP contribution in [0.2, 0.25) is 0 Å². The van der Waals surface area contributed by atoms with Gasteiger partial charge in [-0.3, -0.25) is 19.3 Å². The number of halogens is 2. The van der Waals surface area contributed by atoms with Gasteiger partial charge in [0.15, 0.2) is 0 Å². The van der Waals surface area contributed by atoms with Crippen LogP contribution in [0, 0.1) is 18.8 Å². The van der Waals surface area contributed by atoms with Gasteiger partial charge in [-0.05, 0) is 52.4 Å². The Balaban J connectivity index is 1.37. The molecule has 4 aromatic carbocycles. The molecule has 4 aromatic rings. The van der Waals surface area contributed by atoms with E-state index in [0.717, 1.165) is 38.3 Å². The minimum Gasteiger partial charge on any atom is -0.324 e. The summed E-state index contributed by atoms with van der Waals surface area (Å²) < 4.78 is 0. The number of anilines is 1. The van der Waals surface area contributed by atoms with Gasteiger partial charge in [-0.1, -0.05) is 91.0 Å². The topological polar surface area (TPSA) is 66.5 Å². The summed E-state index contributed by atoms with van der Waals surface area (Å²) in [6.07, 6.45) is 0.153. The van der Waals surface area contributed by atoms with Gasteiger partial charge in [-0.15, -0.1) is 23.2 Å². The first-order valence-electron chi connectivity index (χ1n) is 13.6. The Morgan fingerprint density at radius 2 is 1.24 bits per heavy atom. The fourth-order valence-corrected chi connectivity index (χ4v) is 8.18. The zero-order valence-electron chi connectivity index (χ0n) is 22.2.